The van der Waals surface area contributed by atoms with Gasteiger partial charge in [0.15, 0.2) is 0 Å². The SMILES string of the molecule is COC(=O)C(N)c1ccc([N+](=O)[O-])c(F)c1. The van der Waals surface area contributed by atoms with Crippen LogP contribution in [0.3, 0.4) is 0 Å². The standard InChI is InChI=1S/C9H9FN2O4/c1-16-9(13)8(11)5-2-3-7(12(14)15)6(10)4-5/h2-4,8H,11H2,1H3. The zero-order valence-electron chi connectivity index (χ0n) is 8.34. The first kappa shape index (κ1) is 12.1. The number of esters is 1. The third kappa shape index (κ3) is 2.31. The van der Waals surface area contributed by atoms with Crippen LogP contribution in [0.25, 0.3) is 0 Å². The van der Waals surface area contributed by atoms with Crippen LogP contribution >= 0.6 is 0 Å². The molecule has 0 aliphatic rings. The van der Waals surface area contributed by atoms with Crippen LogP contribution in [0.2, 0.25) is 0 Å². The Morgan fingerprint density at radius 1 is 1.62 bits per heavy atom. The van der Waals surface area contributed by atoms with Crippen LogP contribution in [0, 0.1) is 15.9 Å². The molecule has 1 aromatic carbocycles. The highest BCUT2D eigenvalue weighted by molar-refractivity contribution is 5.77. The Kier molecular flexibility index (Phi) is 3.51. The molecule has 0 bridgehead atoms. The van der Waals surface area contributed by atoms with Crippen molar-refractivity contribution >= 4 is 11.7 Å². The van der Waals surface area contributed by atoms with Crippen LogP contribution in [-0.4, -0.2) is 18.0 Å². The van der Waals surface area contributed by atoms with Gasteiger partial charge in [-0.2, -0.15) is 4.39 Å². The molecule has 0 aliphatic carbocycles. The number of nitrogens with two attached hydrogens (primary N) is 1. The molecule has 6 nitrogen and oxygen atoms in total. The summed E-state index contributed by atoms with van der Waals surface area (Å²) < 4.78 is 17.5. The smallest absolute Gasteiger partial charge is 0.327 e. The first-order chi connectivity index (χ1) is 7.47. The number of nitrogens with zero attached hydrogens (tertiary/aromatic N) is 1. The lowest BCUT2D eigenvalue weighted by Crippen LogP contribution is -2.22. The van der Waals surface area contributed by atoms with Gasteiger partial charge < -0.3 is 10.5 Å². The summed E-state index contributed by atoms with van der Waals surface area (Å²) in [5.74, 6) is -1.78. The van der Waals surface area contributed by atoms with Crippen molar-refractivity contribution < 1.29 is 18.8 Å². The maximum atomic E-state index is 13.2. The normalized spacial score (nSPS) is 11.9. The van der Waals surface area contributed by atoms with E-state index in [1.807, 2.05) is 0 Å². The van der Waals surface area contributed by atoms with Crippen LogP contribution in [0.5, 0.6) is 0 Å². The van der Waals surface area contributed by atoms with Crippen LogP contribution < -0.4 is 5.73 Å². The molecule has 7 heteroatoms. The fourth-order valence-corrected chi connectivity index (χ4v) is 1.13. The maximum absolute atomic E-state index is 13.2. The Bertz CT molecular complexity index is 436. The van der Waals surface area contributed by atoms with Crippen molar-refractivity contribution in [3.63, 3.8) is 0 Å². The number of methoxy groups -OCH3 is 1. The first-order valence-corrected chi connectivity index (χ1v) is 4.24. The highest BCUT2D eigenvalue weighted by Gasteiger charge is 2.20. The molecule has 1 rings (SSSR count). The van der Waals surface area contributed by atoms with E-state index < -0.39 is 28.4 Å². The lowest BCUT2D eigenvalue weighted by Gasteiger charge is -2.09. The zero-order valence-corrected chi connectivity index (χ0v) is 8.34. The number of rotatable bonds is 3. The number of halogens is 1. The van der Waals surface area contributed by atoms with E-state index in [0.717, 1.165) is 19.2 Å². The van der Waals surface area contributed by atoms with Gasteiger partial charge in [-0.25, -0.2) is 0 Å². The van der Waals surface area contributed by atoms with E-state index in [1.165, 1.54) is 6.07 Å². The molecule has 0 heterocycles. The number of hydrogen-bond donors (Lipinski definition) is 1. The highest BCUT2D eigenvalue weighted by atomic mass is 19.1. The number of nitro groups is 1. The van der Waals surface area contributed by atoms with Gasteiger partial charge in [-0.3, -0.25) is 14.9 Å². The molecule has 0 fully saturated rings. The topological polar surface area (TPSA) is 95.5 Å². The van der Waals surface area contributed by atoms with Gasteiger partial charge in [-0.05, 0) is 17.7 Å². The number of hydrogen-bond acceptors (Lipinski definition) is 5. The fourth-order valence-electron chi connectivity index (χ4n) is 1.13. The average molecular weight is 228 g/mol. The van der Waals surface area contributed by atoms with Gasteiger partial charge in [0, 0.05) is 6.07 Å². The van der Waals surface area contributed by atoms with Crippen molar-refractivity contribution in [2.24, 2.45) is 5.73 Å². The second-order valence-corrected chi connectivity index (χ2v) is 2.97. The molecule has 1 aromatic rings. The van der Waals surface area contributed by atoms with Crippen LogP contribution in [0.15, 0.2) is 18.2 Å². The van der Waals surface area contributed by atoms with Crippen molar-refractivity contribution in [2.45, 2.75) is 6.04 Å². The van der Waals surface area contributed by atoms with Crippen molar-refractivity contribution in [3.8, 4) is 0 Å². The van der Waals surface area contributed by atoms with E-state index in [1.54, 1.807) is 0 Å². The lowest BCUT2D eigenvalue weighted by molar-refractivity contribution is -0.387. The van der Waals surface area contributed by atoms with Crippen molar-refractivity contribution in [1.29, 1.82) is 0 Å². The minimum absolute atomic E-state index is 0.120. The molecule has 0 amide bonds. The summed E-state index contributed by atoms with van der Waals surface area (Å²) in [5.41, 5.74) is 4.89. The van der Waals surface area contributed by atoms with Crippen molar-refractivity contribution in [1.82, 2.24) is 0 Å². The Balaban J connectivity index is 3.06. The van der Waals surface area contributed by atoms with Crippen LogP contribution in [-0.2, 0) is 9.53 Å². The number of benzene rings is 1. The molecule has 86 valence electrons. The minimum atomic E-state index is -1.15. The molecule has 0 saturated heterocycles. The van der Waals surface area contributed by atoms with Gasteiger partial charge in [0.1, 0.15) is 6.04 Å². The number of carbonyl (C=O) groups excluding carboxylic acids is 1. The van der Waals surface area contributed by atoms with E-state index in [4.69, 9.17) is 5.73 Å². The molecular weight excluding hydrogens is 219 g/mol. The maximum Gasteiger partial charge on any atom is 0.327 e. The molecule has 0 spiro atoms. The van der Waals surface area contributed by atoms with E-state index in [2.05, 4.69) is 4.74 Å². The predicted octanol–water partition coefficient (Wildman–Crippen LogP) is 0.907. The summed E-state index contributed by atoms with van der Waals surface area (Å²) in [4.78, 5) is 20.5. The third-order valence-electron chi connectivity index (χ3n) is 1.98. The van der Waals surface area contributed by atoms with Crippen molar-refractivity contribution in [2.75, 3.05) is 7.11 Å². The fraction of sp³-hybridized carbons (Fsp3) is 0.222. The molecule has 0 radical (unpaired) electrons. The number of ether oxygens (including phenoxy) is 1. The molecular formula is C9H9FN2O4. The molecule has 0 saturated carbocycles. The number of carbonyl (C=O) groups is 1. The Labute approximate surface area is 90.0 Å². The van der Waals surface area contributed by atoms with Gasteiger partial charge in [0.2, 0.25) is 5.82 Å². The second-order valence-electron chi connectivity index (χ2n) is 2.97. The predicted molar refractivity (Wildman–Crippen MR) is 52.0 cm³/mol. The molecule has 1 atom stereocenters. The third-order valence-corrected chi connectivity index (χ3v) is 1.98. The monoisotopic (exact) mass is 228 g/mol. The van der Waals surface area contributed by atoms with Crippen molar-refractivity contribution in [3.05, 3.63) is 39.7 Å². The second kappa shape index (κ2) is 4.67. The van der Waals surface area contributed by atoms with Gasteiger partial charge >= 0.3 is 11.7 Å². The zero-order chi connectivity index (χ0) is 12.3. The van der Waals surface area contributed by atoms with Crippen LogP contribution in [0.4, 0.5) is 10.1 Å². The average Bonchev–Trinajstić information content (AvgIpc) is 2.26. The molecule has 0 aliphatic heterocycles. The Morgan fingerprint density at radius 2 is 2.25 bits per heavy atom. The molecule has 1 unspecified atom stereocenters. The Hall–Kier alpha value is -2.02. The Morgan fingerprint density at radius 3 is 2.69 bits per heavy atom. The van der Waals surface area contributed by atoms with Gasteiger partial charge in [0.05, 0.1) is 12.0 Å². The highest BCUT2D eigenvalue weighted by Crippen LogP contribution is 2.21. The lowest BCUT2D eigenvalue weighted by atomic mass is 10.1. The summed E-state index contributed by atoms with van der Waals surface area (Å²) in [6, 6.07) is 1.86. The van der Waals surface area contributed by atoms with Gasteiger partial charge in [0.25, 0.3) is 0 Å². The van der Waals surface area contributed by atoms with E-state index in [0.29, 0.717) is 0 Å². The molecule has 16 heavy (non-hydrogen) atoms. The first-order valence-electron chi connectivity index (χ1n) is 4.24. The summed E-state index contributed by atoms with van der Waals surface area (Å²) in [6.07, 6.45) is 0. The summed E-state index contributed by atoms with van der Waals surface area (Å²) >= 11 is 0. The molecule has 0 aromatic heterocycles. The summed E-state index contributed by atoms with van der Waals surface area (Å²) in [5, 5.41) is 10.3. The van der Waals surface area contributed by atoms with E-state index in [-0.39, 0.29) is 5.56 Å². The summed E-state index contributed by atoms with van der Waals surface area (Å²) in [7, 11) is 1.14. The van der Waals surface area contributed by atoms with E-state index in [9.17, 15) is 19.3 Å². The van der Waals surface area contributed by atoms with Gasteiger partial charge in [-0.15, -0.1) is 0 Å². The minimum Gasteiger partial charge on any atom is -0.468 e. The quantitative estimate of drug-likeness (QED) is 0.471. The van der Waals surface area contributed by atoms with Gasteiger partial charge in [-0.1, -0.05) is 0 Å². The summed E-state index contributed by atoms with van der Waals surface area (Å²) in [6.45, 7) is 0. The largest absolute Gasteiger partial charge is 0.468 e. The van der Waals surface area contributed by atoms with E-state index >= 15 is 0 Å². The molecule has 2 N–H and O–H groups in total. The van der Waals surface area contributed by atoms with Crippen LogP contribution in [0.1, 0.15) is 11.6 Å². The number of nitro benzene ring substituents is 1.